The van der Waals surface area contributed by atoms with Gasteiger partial charge in [0.2, 0.25) is 0 Å². The predicted molar refractivity (Wildman–Crippen MR) is 180 cm³/mol. The highest BCUT2D eigenvalue weighted by atomic mass is 16.3. The van der Waals surface area contributed by atoms with Crippen LogP contribution in [0.1, 0.15) is 98.2 Å². The highest BCUT2D eigenvalue weighted by Crippen LogP contribution is 2.59. The molecule has 0 radical (unpaired) electrons. The minimum Gasteiger partial charge on any atom is -0.395 e. The van der Waals surface area contributed by atoms with Crippen LogP contribution in [-0.2, 0) is 6.42 Å². The maximum absolute atomic E-state index is 14.4. The van der Waals surface area contributed by atoms with E-state index in [2.05, 4.69) is 49.1 Å². The van der Waals surface area contributed by atoms with Gasteiger partial charge in [-0.2, -0.15) is 0 Å². The Morgan fingerprint density at radius 1 is 0.956 bits per heavy atom. The third-order valence-corrected chi connectivity index (χ3v) is 11.3. The molecule has 5 heteroatoms. The average molecular weight is 608 g/mol. The molecule has 7 rings (SSSR count). The molecule has 5 atom stereocenters. The molecule has 3 N–H and O–H groups in total. The van der Waals surface area contributed by atoms with Gasteiger partial charge in [0.15, 0.2) is 5.78 Å². The topological polar surface area (TPSA) is 81.0 Å². The first-order valence-electron chi connectivity index (χ1n) is 16.9. The number of likely N-dealkylation sites (tertiary alicyclic amines) is 1. The highest BCUT2D eigenvalue weighted by molar-refractivity contribution is 6.10. The molecule has 1 aliphatic heterocycles. The molecule has 238 valence electrons. The van der Waals surface area contributed by atoms with Gasteiger partial charge in [-0.15, -0.1) is 0 Å². The molecule has 0 amide bonds. The number of hydrogen-bond donors (Lipinski definition) is 3. The SMILES string of the molecule is CC1=CCC[C@@]2(C)[C@@H](CC[C@@]2(O)CN2CCC[C@H]2CO)c2ccc(cc2C(=O)c2ccc(-c3ccccc3)cc2)C[C@@H](O)CC1. The van der Waals surface area contributed by atoms with E-state index in [-0.39, 0.29) is 24.3 Å². The summed E-state index contributed by atoms with van der Waals surface area (Å²) in [6, 6.07) is 24.4. The Morgan fingerprint density at radius 2 is 1.71 bits per heavy atom. The normalized spacial score (nSPS) is 29.3. The van der Waals surface area contributed by atoms with E-state index < -0.39 is 17.1 Å². The van der Waals surface area contributed by atoms with E-state index in [4.69, 9.17) is 0 Å². The van der Waals surface area contributed by atoms with Crippen molar-refractivity contribution >= 4 is 5.78 Å². The van der Waals surface area contributed by atoms with Crippen molar-refractivity contribution in [1.29, 1.82) is 0 Å². The van der Waals surface area contributed by atoms with Crippen LogP contribution in [0.2, 0.25) is 0 Å². The Bertz CT molecular complexity index is 1520. The minimum atomic E-state index is -0.944. The molecule has 5 nitrogen and oxygen atoms in total. The molecule has 2 bridgehead atoms. The number of aliphatic hydroxyl groups is 3. The zero-order chi connectivity index (χ0) is 31.6. The standard InChI is InChI=1S/C40H49NO4/c1-28-8-6-21-39(2)37(20-22-40(39,45)27-41-23-7-11-33(41)26-42)35-19-13-29(24-34(43)18-12-28)25-36(35)38(44)32-16-14-31(15-17-32)30-9-4-3-5-10-30/h3-5,8-10,13-17,19,25,33-34,37,42-43,45H,6-7,11-12,18,20-24,26-27H2,1-2H3/t33-,34-,37-,39-,40+/m0/s1. The van der Waals surface area contributed by atoms with Gasteiger partial charge in [-0.25, -0.2) is 0 Å². The molecule has 1 saturated carbocycles. The second-order valence-corrected chi connectivity index (χ2v) is 14.2. The van der Waals surface area contributed by atoms with E-state index in [1.165, 1.54) is 5.57 Å². The monoisotopic (exact) mass is 607 g/mol. The van der Waals surface area contributed by atoms with Gasteiger partial charge in [-0.1, -0.05) is 85.3 Å². The summed E-state index contributed by atoms with van der Waals surface area (Å²) >= 11 is 0. The number of β-amino-alcohol motifs (C(OH)–C–C–N with tert-alkyl or cyclic N) is 1. The molecular weight excluding hydrogens is 558 g/mol. The largest absolute Gasteiger partial charge is 0.395 e. The second-order valence-electron chi connectivity index (χ2n) is 14.2. The zero-order valence-electron chi connectivity index (χ0n) is 26.9. The van der Waals surface area contributed by atoms with Gasteiger partial charge in [0.1, 0.15) is 0 Å². The highest BCUT2D eigenvalue weighted by Gasteiger charge is 2.57. The Kier molecular flexibility index (Phi) is 9.44. The van der Waals surface area contributed by atoms with Gasteiger partial charge in [0.05, 0.1) is 18.3 Å². The molecule has 3 aromatic carbocycles. The molecule has 0 unspecified atom stereocenters. The number of aliphatic hydroxyl groups excluding tert-OH is 2. The van der Waals surface area contributed by atoms with Gasteiger partial charge in [-0.3, -0.25) is 9.69 Å². The van der Waals surface area contributed by atoms with Gasteiger partial charge in [-0.05, 0) is 105 Å². The molecule has 0 spiro atoms. The molecule has 3 aliphatic carbocycles. The van der Waals surface area contributed by atoms with Gasteiger partial charge >= 0.3 is 0 Å². The van der Waals surface area contributed by atoms with Gasteiger partial charge in [0.25, 0.3) is 0 Å². The predicted octanol–water partition coefficient (Wildman–Crippen LogP) is 7.08. The number of rotatable bonds is 6. The Morgan fingerprint density at radius 3 is 2.47 bits per heavy atom. The summed E-state index contributed by atoms with van der Waals surface area (Å²) in [4.78, 5) is 16.7. The van der Waals surface area contributed by atoms with Crippen molar-refractivity contribution in [3.8, 4) is 11.1 Å². The molecule has 45 heavy (non-hydrogen) atoms. The van der Waals surface area contributed by atoms with Crippen LogP contribution in [0.25, 0.3) is 11.1 Å². The third kappa shape index (κ3) is 6.46. The quantitative estimate of drug-likeness (QED) is 0.206. The van der Waals surface area contributed by atoms with Crippen molar-refractivity contribution in [1.82, 2.24) is 4.90 Å². The molecule has 1 saturated heterocycles. The lowest BCUT2D eigenvalue weighted by Gasteiger charge is -2.46. The van der Waals surface area contributed by atoms with Crippen molar-refractivity contribution in [3.05, 3.63) is 107 Å². The summed E-state index contributed by atoms with van der Waals surface area (Å²) in [5.41, 5.74) is 5.34. The lowest BCUT2D eigenvalue weighted by molar-refractivity contribution is -0.0875. The summed E-state index contributed by atoms with van der Waals surface area (Å²) in [6.07, 6.45) is 8.91. The summed E-state index contributed by atoms with van der Waals surface area (Å²) in [7, 11) is 0. The van der Waals surface area contributed by atoms with Gasteiger partial charge in [0, 0.05) is 29.1 Å². The number of carbonyl (C=O) groups is 1. The van der Waals surface area contributed by atoms with E-state index >= 15 is 0 Å². The van der Waals surface area contributed by atoms with Crippen LogP contribution < -0.4 is 0 Å². The van der Waals surface area contributed by atoms with Crippen molar-refractivity contribution in [2.24, 2.45) is 5.41 Å². The lowest BCUT2D eigenvalue weighted by Crippen LogP contribution is -2.53. The Balaban J connectivity index is 1.40. The van der Waals surface area contributed by atoms with E-state index in [1.807, 2.05) is 48.5 Å². The van der Waals surface area contributed by atoms with E-state index in [0.29, 0.717) is 36.9 Å². The number of carbonyl (C=O) groups excluding carboxylic acids is 1. The number of allylic oxidation sites excluding steroid dienone is 2. The summed E-state index contributed by atoms with van der Waals surface area (Å²) in [5, 5.41) is 33.6. The molecule has 2 fully saturated rings. The van der Waals surface area contributed by atoms with Crippen molar-refractivity contribution in [2.45, 2.75) is 95.3 Å². The first-order valence-corrected chi connectivity index (χ1v) is 16.9. The van der Waals surface area contributed by atoms with Crippen LogP contribution >= 0.6 is 0 Å². The van der Waals surface area contributed by atoms with E-state index in [1.54, 1.807) is 0 Å². The first-order chi connectivity index (χ1) is 21.7. The van der Waals surface area contributed by atoms with Crippen molar-refractivity contribution in [2.75, 3.05) is 19.7 Å². The van der Waals surface area contributed by atoms with Crippen molar-refractivity contribution in [3.63, 3.8) is 0 Å². The fraction of sp³-hybridized carbons (Fsp3) is 0.475. The van der Waals surface area contributed by atoms with Crippen LogP contribution in [0, 0.1) is 5.41 Å². The Hall–Kier alpha value is -3.09. The van der Waals surface area contributed by atoms with Crippen molar-refractivity contribution < 1.29 is 20.1 Å². The first kappa shape index (κ1) is 31.9. The Labute approximate surface area is 268 Å². The number of ketones is 1. The zero-order valence-corrected chi connectivity index (χ0v) is 26.9. The average Bonchev–Trinajstić information content (AvgIpc) is 3.60. The van der Waals surface area contributed by atoms with Crippen LogP contribution in [0.15, 0.2) is 84.4 Å². The van der Waals surface area contributed by atoms with Crippen LogP contribution in [0.5, 0.6) is 0 Å². The lowest BCUT2D eigenvalue weighted by atomic mass is 9.64. The number of benzene rings is 3. The van der Waals surface area contributed by atoms with Crippen LogP contribution in [0.4, 0.5) is 0 Å². The second kappa shape index (κ2) is 13.3. The maximum Gasteiger partial charge on any atom is 0.193 e. The third-order valence-electron chi connectivity index (χ3n) is 11.3. The van der Waals surface area contributed by atoms with Crippen LogP contribution in [0.3, 0.4) is 0 Å². The fourth-order valence-electron chi connectivity index (χ4n) is 8.44. The smallest absolute Gasteiger partial charge is 0.193 e. The summed E-state index contributed by atoms with van der Waals surface area (Å²) < 4.78 is 0. The summed E-state index contributed by atoms with van der Waals surface area (Å²) in [5.74, 6) is -0.0164. The minimum absolute atomic E-state index is 0.00385. The maximum atomic E-state index is 14.4. The molecule has 1 heterocycles. The van der Waals surface area contributed by atoms with Crippen LogP contribution in [-0.4, -0.2) is 63.4 Å². The summed E-state index contributed by atoms with van der Waals surface area (Å²) in [6.45, 7) is 5.94. The molecule has 4 aliphatic rings. The number of fused-ring (bicyclic) bond motifs is 8. The fourth-order valence-corrected chi connectivity index (χ4v) is 8.44. The molecule has 3 aromatic rings. The molecule has 0 aromatic heterocycles. The van der Waals surface area contributed by atoms with Gasteiger partial charge < -0.3 is 15.3 Å². The molecular formula is C40H49NO4. The van der Waals surface area contributed by atoms with E-state index in [0.717, 1.165) is 67.3 Å². The van der Waals surface area contributed by atoms with E-state index in [9.17, 15) is 20.1 Å². The number of hydrogen-bond acceptors (Lipinski definition) is 5. The number of nitrogens with zero attached hydrogens (tertiary/aromatic N) is 1.